The maximum absolute atomic E-state index is 11.5. The molecular formula is C16H28O3. The Morgan fingerprint density at radius 3 is 2.32 bits per heavy atom. The van der Waals surface area contributed by atoms with Crippen LogP contribution in [0.2, 0.25) is 0 Å². The lowest BCUT2D eigenvalue weighted by Crippen LogP contribution is -2.23. The molecular weight excluding hydrogens is 240 g/mol. The van der Waals surface area contributed by atoms with E-state index in [1.54, 1.807) is 13.0 Å². The number of hydrogen-bond donors (Lipinski definition) is 0. The first-order valence-corrected chi connectivity index (χ1v) is 7.22. The molecule has 0 aliphatic carbocycles. The molecule has 19 heavy (non-hydrogen) atoms. The summed E-state index contributed by atoms with van der Waals surface area (Å²) in [5, 5.41) is 0. The van der Waals surface area contributed by atoms with Crippen LogP contribution in [0.4, 0.5) is 0 Å². The standard InChI is InChI=1S/C16H28O3/c1-4-6-7-8-9-10-11-12-14-19-16(17)15(3)18-13-5-2/h4-5,15H,1-2,6-14H2,3H3/t15-/m0/s1. The number of carbonyl (C=O) groups is 1. The summed E-state index contributed by atoms with van der Waals surface area (Å²) in [6.45, 7) is 9.81. The van der Waals surface area contributed by atoms with Crippen molar-refractivity contribution in [3.05, 3.63) is 25.3 Å². The van der Waals surface area contributed by atoms with E-state index in [1.807, 2.05) is 6.08 Å². The SMILES string of the molecule is C=CCCCCCCCCOC(=O)[C@H](C)OCC=C. The molecule has 0 saturated carbocycles. The second-order valence-electron chi connectivity index (χ2n) is 4.63. The lowest BCUT2D eigenvalue weighted by molar-refractivity contribution is -0.155. The highest BCUT2D eigenvalue weighted by atomic mass is 16.6. The molecule has 0 unspecified atom stereocenters. The Morgan fingerprint density at radius 2 is 1.68 bits per heavy atom. The number of carbonyl (C=O) groups excluding carboxylic acids is 1. The van der Waals surface area contributed by atoms with Gasteiger partial charge in [-0.2, -0.15) is 0 Å². The Bertz CT molecular complexity index is 248. The highest BCUT2D eigenvalue weighted by Crippen LogP contribution is 2.07. The highest BCUT2D eigenvalue weighted by Gasteiger charge is 2.13. The zero-order valence-corrected chi connectivity index (χ0v) is 12.2. The summed E-state index contributed by atoms with van der Waals surface area (Å²) in [7, 11) is 0. The second kappa shape index (κ2) is 13.3. The number of rotatable bonds is 13. The van der Waals surface area contributed by atoms with Crippen LogP contribution in [0.5, 0.6) is 0 Å². The van der Waals surface area contributed by atoms with Crippen molar-refractivity contribution in [2.45, 2.75) is 58.0 Å². The molecule has 0 radical (unpaired) electrons. The molecule has 0 amide bonds. The van der Waals surface area contributed by atoms with Gasteiger partial charge in [-0.3, -0.25) is 0 Å². The largest absolute Gasteiger partial charge is 0.464 e. The summed E-state index contributed by atoms with van der Waals surface area (Å²) in [5.74, 6) is -0.284. The average Bonchev–Trinajstić information content (AvgIpc) is 2.42. The maximum Gasteiger partial charge on any atom is 0.334 e. The topological polar surface area (TPSA) is 35.5 Å². The fraction of sp³-hybridized carbons (Fsp3) is 0.688. The number of esters is 1. The summed E-state index contributed by atoms with van der Waals surface area (Å²) < 4.78 is 10.3. The van der Waals surface area contributed by atoms with Crippen LogP contribution in [0, 0.1) is 0 Å². The molecule has 0 aliphatic rings. The predicted octanol–water partition coefficient (Wildman–Crippen LogP) is 4.04. The average molecular weight is 268 g/mol. The van der Waals surface area contributed by atoms with Crippen molar-refractivity contribution >= 4 is 5.97 Å². The lowest BCUT2D eigenvalue weighted by atomic mass is 10.1. The second-order valence-corrected chi connectivity index (χ2v) is 4.63. The molecule has 0 aromatic heterocycles. The summed E-state index contributed by atoms with van der Waals surface area (Å²) in [6.07, 6.45) is 11.2. The van der Waals surface area contributed by atoms with Crippen LogP contribution < -0.4 is 0 Å². The Kier molecular flexibility index (Phi) is 12.6. The molecule has 110 valence electrons. The molecule has 0 bridgehead atoms. The van der Waals surface area contributed by atoms with Crippen LogP contribution in [-0.2, 0) is 14.3 Å². The monoisotopic (exact) mass is 268 g/mol. The van der Waals surface area contributed by atoms with Crippen molar-refractivity contribution in [3.63, 3.8) is 0 Å². The third-order valence-corrected chi connectivity index (χ3v) is 2.84. The number of hydrogen-bond acceptors (Lipinski definition) is 3. The minimum Gasteiger partial charge on any atom is -0.464 e. The molecule has 1 atom stereocenters. The van der Waals surface area contributed by atoms with E-state index in [4.69, 9.17) is 9.47 Å². The van der Waals surface area contributed by atoms with E-state index in [0.29, 0.717) is 13.2 Å². The number of ether oxygens (including phenoxy) is 2. The van der Waals surface area contributed by atoms with Crippen molar-refractivity contribution in [1.82, 2.24) is 0 Å². The van der Waals surface area contributed by atoms with Crippen molar-refractivity contribution in [1.29, 1.82) is 0 Å². The number of allylic oxidation sites excluding steroid dienone is 1. The molecule has 0 spiro atoms. The van der Waals surface area contributed by atoms with Crippen LogP contribution in [0.25, 0.3) is 0 Å². The van der Waals surface area contributed by atoms with Crippen LogP contribution >= 0.6 is 0 Å². The van der Waals surface area contributed by atoms with Gasteiger partial charge in [0.25, 0.3) is 0 Å². The van der Waals surface area contributed by atoms with Crippen LogP contribution in [0.3, 0.4) is 0 Å². The molecule has 3 heteroatoms. The highest BCUT2D eigenvalue weighted by molar-refractivity contribution is 5.74. The molecule has 0 aliphatic heterocycles. The smallest absolute Gasteiger partial charge is 0.334 e. The van der Waals surface area contributed by atoms with E-state index in [2.05, 4.69) is 13.2 Å². The van der Waals surface area contributed by atoms with Gasteiger partial charge in [-0.25, -0.2) is 4.79 Å². The molecule has 0 saturated heterocycles. The lowest BCUT2D eigenvalue weighted by Gasteiger charge is -2.11. The third-order valence-electron chi connectivity index (χ3n) is 2.84. The fourth-order valence-electron chi connectivity index (χ4n) is 1.67. The Hall–Kier alpha value is -1.09. The summed E-state index contributed by atoms with van der Waals surface area (Å²) in [5.41, 5.74) is 0. The van der Waals surface area contributed by atoms with E-state index in [1.165, 1.54) is 25.7 Å². The van der Waals surface area contributed by atoms with Gasteiger partial charge in [-0.1, -0.05) is 37.8 Å². The van der Waals surface area contributed by atoms with Crippen molar-refractivity contribution in [3.8, 4) is 0 Å². The first-order valence-electron chi connectivity index (χ1n) is 7.22. The van der Waals surface area contributed by atoms with Gasteiger partial charge in [0.05, 0.1) is 13.2 Å². The third kappa shape index (κ3) is 11.7. The first-order chi connectivity index (χ1) is 9.22. The van der Waals surface area contributed by atoms with Gasteiger partial charge in [0, 0.05) is 0 Å². The van der Waals surface area contributed by atoms with E-state index >= 15 is 0 Å². The van der Waals surface area contributed by atoms with E-state index in [9.17, 15) is 4.79 Å². The van der Waals surface area contributed by atoms with Crippen LogP contribution in [0.15, 0.2) is 25.3 Å². The van der Waals surface area contributed by atoms with E-state index in [0.717, 1.165) is 19.3 Å². The van der Waals surface area contributed by atoms with Gasteiger partial charge in [0.15, 0.2) is 6.10 Å². The molecule has 3 nitrogen and oxygen atoms in total. The summed E-state index contributed by atoms with van der Waals surface area (Å²) in [6, 6.07) is 0. The van der Waals surface area contributed by atoms with E-state index < -0.39 is 6.10 Å². The molecule has 0 rings (SSSR count). The Morgan fingerprint density at radius 1 is 1.05 bits per heavy atom. The summed E-state index contributed by atoms with van der Waals surface area (Å²) in [4.78, 5) is 11.5. The van der Waals surface area contributed by atoms with E-state index in [-0.39, 0.29) is 5.97 Å². The normalized spacial score (nSPS) is 11.8. The molecule has 0 N–H and O–H groups in total. The quantitative estimate of drug-likeness (QED) is 0.287. The number of unbranched alkanes of at least 4 members (excludes halogenated alkanes) is 6. The Balaban J connectivity index is 3.31. The van der Waals surface area contributed by atoms with Gasteiger partial charge in [0.2, 0.25) is 0 Å². The molecule has 0 heterocycles. The summed E-state index contributed by atoms with van der Waals surface area (Å²) >= 11 is 0. The van der Waals surface area contributed by atoms with Gasteiger partial charge in [-0.15, -0.1) is 13.2 Å². The van der Waals surface area contributed by atoms with Crippen molar-refractivity contribution in [2.24, 2.45) is 0 Å². The van der Waals surface area contributed by atoms with Crippen LogP contribution in [0.1, 0.15) is 51.9 Å². The minimum absolute atomic E-state index is 0.284. The molecule has 0 aromatic carbocycles. The van der Waals surface area contributed by atoms with Crippen molar-refractivity contribution in [2.75, 3.05) is 13.2 Å². The van der Waals surface area contributed by atoms with Gasteiger partial charge in [-0.05, 0) is 26.2 Å². The van der Waals surface area contributed by atoms with Crippen molar-refractivity contribution < 1.29 is 14.3 Å². The predicted molar refractivity (Wildman–Crippen MR) is 79.1 cm³/mol. The van der Waals surface area contributed by atoms with Gasteiger partial charge >= 0.3 is 5.97 Å². The minimum atomic E-state index is -0.503. The van der Waals surface area contributed by atoms with Gasteiger partial charge in [0.1, 0.15) is 0 Å². The first kappa shape index (κ1) is 17.9. The zero-order valence-electron chi connectivity index (χ0n) is 12.2. The molecule has 0 aromatic rings. The Labute approximate surface area is 117 Å². The maximum atomic E-state index is 11.5. The fourth-order valence-corrected chi connectivity index (χ4v) is 1.67. The van der Waals surface area contributed by atoms with Crippen LogP contribution in [-0.4, -0.2) is 25.3 Å². The zero-order chi connectivity index (χ0) is 14.3. The molecule has 0 fully saturated rings. The van der Waals surface area contributed by atoms with Gasteiger partial charge < -0.3 is 9.47 Å².